The average molecular weight is 572 g/mol. The molecule has 4 nitrogen and oxygen atoms in total. The first-order valence-corrected chi connectivity index (χ1v) is 12.4. The van der Waals surface area contributed by atoms with Gasteiger partial charge in [-0.25, -0.2) is 0 Å². The van der Waals surface area contributed by atoms with E-state index in [1.807, 2.05) is 0 Å². The predicted octanol–water partition coefficient (Wildman–Crippen LogP) is 6.82. The van der Waals surface area contributed by atoms with Gasteiger partial charge in [0.25, 0.3) is 5.91 Å². The molecule has 9 heteroatoms. The summed E-state index contributed by atoms with van der Waals surface area (Å²) in [6, 6.07) is 7.70. The number of likely N-dealkylation sites (tertiary alicyclic amines) is 1. The molecule has 1 atom stereocenters. The van der Waals surface area contributed by atoms with Crippen LogP contribution in [0.3, 0.4) is 0 Å². The van der Waals surface area contributed by atoms with Crippen LogP contribution in [0.4, 0.5) is 13.2 Å². The summed E-state index contributed by atoms with van der Waals surface area (Å²) in [5.41, 5.74) is 2.23. The summed E-state index contributed by atoms with van der Waals surface area (Å²) in [7, 11) is 0. The number of carbonyl (C=O) groups excluding carboxylic acids is 2. The van der Waals surface area contributed by atoms with Gasteiger partial charge >= 0.3 is 6.18 Å². The molecule has 0 aliphatic carbocycles. The maximum absolute atomic E-state index is 13.8. The number of allylic oxidation sites excluding steroid dienone is 1. The molecule has 1 N–H and O–H groups in total. The topological polar surface area (TPSA) is 49.4 Å². The van der Waals surface area contributed by atoms with Crippen LogP contribution in [0.5, 0.6) is 0 Å². The molecule has 1 aliphatic rings. The number of nitrogens with one attached hydrogen (secondary N) is 1. The lowest BCUT2D eigenvalue weighted by molar-refractivity contribution is -0.139. The van der Waals surface area contributed by atoms with Crippen LogP contribution in [-0.4, -0.2) is 42.0 Å². The van der Waals surface area contributed by atoms with Gasteiger partial charge in [-0.15, -0.1) is 0 Å². The molecular weight excluding hydrogens is 545 g/mol. The summed E-state index contributed by atoms with van der Waals surface area (Å²) >= 11 is 9.50. The molecule has 0 spiro atoms. The van der Waals surface area contributed by atoms with E-state index < -0.39 is 12.1 Å². The van der Waals surface area contributed by atoms with Gasteiger partial charge in [0.05, 0.1) is 11.5 Å². The third-order valence-corrected chi connectivity index (χ3v) is 7.42. The molecule has 2 aromatic rings. The van der Waals surface area contributed by atoms with Crippen molar-refractivity contribution in [3.63, 3.8) is 0 Å². The number of amides is 2. The minimum absolute atomic E-state index is 0.0234. The van der Waals surface area contributed by atoms with Crippen LogP contribution in [-0.2, 0) is 4.79 Å². The van der Waals surface area contributed by atoms with Gasteiger partial charge in [-0.05, 0) is 77.0 Å². The molecule has 0 radical (unpaired) electrons. The summed E-state index contributed by atoms with van der Waals surface area (Å²) < 4.78 is 42.0. The molecule has 1 unspecified atom stereocenters. The Morgan fingerprint density at radius 2 is 1.74 bits per heavy atom. The van der Waals surface area contributed by atoms with Crippen LogP contribution < -0.4 is 5.32 Å². The lowest BCUT2D eigenvalue weighted by Crippen LogP contribution is -2.46. The monoisotopic (exact) mass is 570 g/mol. The molecule has 1 fully saturated rings. The van der Waals surface area contributed by atoms with Crippen LogP contribution in [0.15, 0.2) is 40.9 Å². The number of alkyl halides is 3. The van der Waals surface area contributed by atoms with Crippen molar-refractivity contribution in [3.05, 3.63) is 73.7 Å². The first kappa shape index (κ1) is 27.3. The number of hydrogen-bond acceptors (Lipinski definition) is 2. The molecule has 0 aromatic heterocycles. The Labute approximate surface area is 216 Å². The van der Waals surface area contributed by atoms with Gasteiger partial charge in [-0.2, -0.15) is 13.2 Å². The van der Waals surface area contributed by atoms with E-state index in [-0.39, 0.29) is 23.4 Å². The minimum atomic E-state index is -4.47. The van der Waals surface area contributed by atoms with Crippen molar-refractivity contribution in [2.45, 2.75) is 51.7 Å². The predicted molar refractivity (Wildman–Crippen MR) is 136 cm³/mol. The molecule has 0 saturated carbocycles. The number of piperidine rings is 1. The number of nitrogens with zero attached hydrogens (tertiary/aromatic N) is 1. The van der Waals surface area contributed by atoms with E-state index in [1.165, 1.54) is 25.1 Å². The van der Waals surface area contributed by atoms with Crippen molar-refractivity contribution < 1.29 is 22.8 Å². The highest BCUT2D eigenvalue weighted by Gasteiger charge is 2.39. The molecule has 188 valence electrons. The molecule has 3 rings (SSSR count). The highest BCUT2D eigenvalue weighted by molar-refractivity contribution is 9.10. The van der Waals surface area contributed by atoms with E-state index in [1.54, 1.807) is 36.9 Å². The number of hydrogen-bond donors (Lipinski definition) is 1. The molecule has 0 bridgehead atoms. The third kappa shape index (κ3) is 6.88. The van der Waals surface area contributed by atoms with E-state index >= 15 is 0 Å². The van der Waals surface area contributed by atoms with Crippen LogP contribution in [0.1, 0.15) is 58.3 Å². The Morgan fingerprint density at radius 3 is 2.26 bits per heavy atom. The Kier molecular flexibility index (Phi) is 8.70. The molecule has 1 aliphatic heterocycles. The van der Waals surface area contributed by atoms with Gasteiger partial charge in [0.1, 0.15) is 0 Å². The largest absolute Gasteiger partial charge is 0.399 e. The van der Waals surface area contributed by atoms with Crippen LogP contribution in [0.25, 0.3) is 6.08 Å². The van der Waals surface area contributed by atoms with Crippen molar-refractivity contribution in [1.29, 1.82) is 0 Å². The zero-order chi connectivity index (χ0) is 25.9. The summed E-state index contributed by atoms with van der Waals surface area (Å²) in [5, 5.41) is 3.44. The Hall–Kier alpha value is -2.32. The highest BCUT2D eigenvalue weighted by atomic mass is 79.9. The number of carbonyl (C=O) groups is 2. The second kappa shape index (κ2) is 11.2. The van der Waals surface area contributed by atoms with Crippen molar-refractivity contribution >= 4 is 45.4 Å². The lowest BCUT2D eigenvalue weighted by atomic mass is 9.94. The van der Waals surface area contributed by atoms with Crippen LogP contribution in [0.2, 0.25) is 5.02 Å². The summed E-state index contributed by atoms with van der Waals surface area (Å²) in [4.78, 5) is 25.9. The third-order valence-electron chi connectivity index (χ3n) is 6.16. The van der Waals surface area contributed by atoms with E-state index in [2.05, 4.69) is 21.2 Å². The molecule has 2 aromatic carbocycles. The lowest BCUT2D eigenvalue weighted by Gasteiger charge is -2.31. The maximum atomic E-state index is 13.8. The highest BCUT2D eigenvalue weighted by Crippen LogP contribution is 2.38. The normalized spacial score (nSPS) is 15.9. The average Bonchev–Trinajstić information content (AvgIpc) is 2.77. The fourth-order valence-corrected chi connectivity index (χ4v) is 4.88. The maximum Gasteiger partial charge on any atom is 0.399 e. The quantitative estimate of drug-likeness (QED) is 0.428. The first-order chi connectivity index (χ1) is 16.4. The first-order valence-electron chi connectivity index (χ1n) is 11.2. The molecule has 2 amide bonds. The van der Waals surface area contributed by atoms with Gasteiger partial charge in [-0.3, -0.25) is 9.59 Å². The SMILES string of the molecule is CC(=O)N1CCC(NC(=O)c2ccc(/C=C/C(c3cc(C)c(Cl)c(C)c3)C(F)(F)F)cc2Br)CC1. The van der Waals surface area contributed by atoms with Crippen molar-refractivity contribution in [1.82, 2.24) is 10.2 Å². The Balaban J connectivity index is 1.74. The summed E-state index contributed by atoms with van der Waals surface area (Å²) in [6.45, 7) is 6.09. The smallest absolute Gasteiger partial charge is 0.349 e. The van der Waals surface area contributed by atoms with Crippen molar-refractivity contribution in [2.24, 2.45) is 0 Å². The fourth-order valence-electron chi connectivity index (χ4n) is 4.20. The Bertz CT molecular complexity index is 1120. The van der Waals surface area contributed by atoms with Crippen LogP contribution >= 0.6 is 27.5 Å². The zero-order valence-electron chi connectivity index (χ0n) is 19.7. The van der Waals surface area contributed by atoms with E-state index in [0.29, 0.717) is 57.7 Å². The van der Waals surface area contributed by atoms with Crippen molar-refractivity contribution in [3.8, 4) is 0 Å². The van der Waals surface area contributed by atoms with E-state index in [9.17, 15) is 22.8 Å². The van der Waals surface area contributed by atoms with E-state index in [4.69, 9.17) is 11.6 Å². The second-order valence-corrected chi connectivity index (χ2v) is 10.1. The minimum Gasteiger partial charge on any atom is -0.349 e. The number of benzene rings is 2. The van der Waals surface area contributed by atoms with Gasteiger partial charge in [0, 0.05) is 35.6 Å². The van der Waals surface area contributed by atoms with E-state index in [0.717, 1.165) is 6.08 Å². The van der Waals surface area contributed by atoms with Gasteiger partial charge < -0.3 is 10.2 Å². The van der Waals surface area contributed by atoms with Crippen LogP contribution in [0, 0.1) is 13.8 Å². The fraction of sp³-hybridized carbons (Fsp3) is 0.385. The second-order valence-electron chi connectivity index (χ2n) is 8.84. The zero-order valence-corrected chi connectivity index (χ0v) is 22.0. The van der Waals surface area contributed by atoms with Crippen molar-refractivity contribution in [2.75, 3.05) is 13.1 Å². The molecule has 35 heavy (non-hydrogen) atoms. The number of aryl methyl sites for hydroxylation is 2. The molecule has 1 heterocycles. The van der Waals surface area contributed by atoms with Gasteiger partial charge in [-0.1, -0.05) is 42.0 Å². The summed E-state index contributed by atoms with van der Waals surface area (Å²) in [5.74, 6) is -2.04. The summed E-state index contributed by atoms with van der Waals surface area (Å²) in [6.07, 6.45) is -0.607. The standard InChI is InChI=1S/C26H27BrClF3N2O2/c1-15-12-19(13-16(2)24(15)28)22(26(29,30)31)7-5-18-4-6-21(23(27)14-18)25(35)32-20-8-10-33(11-9-20)17(3)34/h4-7,12-14,20,22H,8-11H2,1-3H3,(H,32,35)/b7-5+. The molecule has 1 saturated heterocycles. The van der Waals surface area contributed by atoms with Gasteiger partial charge in [0.15, 0.2) is 0 Å². The number of rotatable bonds is 5. The molecular formula is C26H27BrClF3N2O2. The Morgan fingerprint density at radius 1 is 1.14 bits per heavy atom. The number of halogens is 5. The van der Waals surface area contributed by atoms with Gasteiger partial charge in [0.2, 0.25) is 5.91 Å².